The minimum absolute atomic E-state index is 0.0398. The number of nitrogen functional groups attached to an aromatic ring is 1. The highest BCUT2D eigenvalue weighted by Crippen LogP contribution is 2.30. The molecule has 1 aromatic carbocycles. The Morgan fingerprint density at radius 2 is 1.97 bits per heavy atom. The Morgan fingerprint density at radius 1 is 1.17 bits per heavy atom. The van der Waals surface area contributed by atoms with Crippen LogP contribution in [-0.4, -0.2) is 37.0 Å². The van der Waals surface area contributed by atoms with E-state index in [0.29, 0.717) is 33.7 Å². The molecule has 0 bridgehead atoms. The van der Waals surface area contributed by atoms with Gasteiger partial charge in [0.2, 0.25) is 5.95 Å². The van der Waals surface area contributed by atoms with Gasteiger partial charge in [0, 0.05) is 12.9 Å². The minimum Gasteiger partial charge on any atom is -0.467 e. The van der Waals surface area contributed by atoms with Crippen molar-refractivity contribution in [2.24, 2.45) is 10.1 Å². The number of furan rings is 1. The van der Waals surface area contributed by atoms with Gasteiger partial charge in [-0.25, -0.2) is 9.67 Å². The summed E-state index contributed by atoms with van der Waals surface area (Å²) in [5.74, 6) is 0.755. The highest BCUT2D eigenvalue weighted by molar-refractivity contribution is 5.99. The molecule has 0 aliphatic heterocycles. The first-order valence-corrected chi connectivity index (χ1v) is 11.1. The van der Waals surface area contributed by atoms with Crippen LogP contribution in [0.25, 0.3) is 11.0 Å². The first-order valence-electron chi connectivity index (χ1n) is 11.1. The number of carbonyl (C=O) groups is 1. The molecule has 36 heavy (non-hydrogen) atoms. The highest BCUT2D eigenvalue weighted by atomic mass is 16.3. The van der Waals surface area contributed by atoms with Crippen LogP contribution in [0.5, 0.6) is 0 Å². The monoisotopic (exact) mass is 481 g/mol. The lowest BCUT2D eigenvalue weighted by Crippen LogP contribution is -2.45. The van der Waals surface area contributed by atoms with Crippen LogP contribution in [0, 0.1) is 0 Å². The van der Waals surface area contributed by atoms with Crippen LogP contribution in [0.15, 0.2) is 93.8 Å². The van der Waals surface area contributed by atoms with Crippen LogP contribution in [0.1, 0.15) is 18.2 Å². The molecule has 3 N–H and O–H groups in total. The predicted molar refractivity (Wildman–Crippen MR) is 135 cm³/mol. The fourth-order valence-electron chi connectivity index (χ4n) is 3.95. The van der Waals surface area contributed by atoms with E-state index in [1.54, 1.807) is 49.8 Å². The number of amides is 1. The van der Waals surface area contributed by atoms with Crippen molar-refractivity contribution in [1.29, 1.82) is 0 Å². The maximum absolute atomic E-state index is 13.8. The molecular formula is C25H23N9O2. The largest absolute Gasteiger partial charge is 0.467 e. The zero-order chi connectivity index (χ0) is 25.1. The molecule has 1 amide bonds. The third-order valence-electron chi connectivity index (χ3n) is 5.84. The van der Waals surface area contributed by atoms with Crippen molar-refractivity contribution >= 4 is 35.4 Å². The van der Waals surface area contributed by atoms with E-state index in [1.807, 2.05) is 36.4 Å². The Kier molecular flexibility index (Phi) is 5.87. The van der Waals surface area contributed by atoms with Gasteiger partial charge in [0.05, 0.1) is 24.4 Å². The summed E-state index contributed by atoms with van der Waals surface area (Å²) in [6.45, 7) is 5.59. The van der Waals surface area contributed by atoms with E-state index in [4.69, 9.17) is 10.2 Å². The van der Waals surface area contributed by atoms with E-state index in [1.165, 1.54) is 9.36 Å². The van der Waals surface area contributed by atoms with Gasteiger partial charge in [-0.15, -0.1) is 0 Å². The van der Waals surface area contributed by atoms with Gasteiger partial charge in [-0.3, -0.25) is 9.79 Å². The second-order valence-corrected chi connectivity index (χ2v) is 8.04. The van der Waals surface area contributed by atoms with Gasteiger partial charge in [-0.05, 0) is 36.8 Å². The molecule has 180 valence electrons. The summed E-state index contributed by atoms with van der Waals surface area (Å²) >= 11 is 0. The fourth-order valence-corrected chi connectivity index (χ4v) is 3.95. The molecule has 0 saturated heterocycles. The standard InChI is InChI=1S/C25H23N9O2/c1-25(17-9-4-3-5-10-17,23(35)31-20-12-6-7-13-28-20)34-22-19(16-30-34)21(33(27-2)24(26)32-22)29-15-18-11-8-14-36-18/h3-14,16H,2,15H2,1H3,(H2,26,32)(H,28,31,35). The van der Waals surface area contributed by atoms with Gasteiger partial charge in [-0.1, -0.05) is 36.4 Å². The molecule has 4 aromatic heterocycles. The number of hydrogen-bond acceptors (Lipinski definition) is 8. The second-order valence-electron chi connectivity index (χ2n) is 8.04. The predicted octanol–water partition coefficient (Wildman–Crippen LogP) is 2.77. The Bertz CT molecular complexity index is 1590. The van der Waals surface area contributed by atoms with Gasteiger partial charge in [-0.2, -0.15) is 19.9 Å². The molecular weight excluding hydrogens is 458 g/mol. The number of anilines is 2. The van der Waals surface area contributed by atoms with Crippen molar-refractivity contribution in [2.45, 2.75) is 19.0 Å². The first-order chi connectivity index (χ1) is 17.5. The maximum atomic E-state index is 13.8. The molecule has 11 heteroatoms. The van der Waals surface area contributed by atoms with Crippen molar-refractivity contribution < 1.29 is 9.21 Å². The summed E-state index contributed by atoms with van der Waals surface area (Å²) in [6.07, 6.45) is 4.76. The van der Waals surface area contributed by atoms with E-state index < -0.39 is 5.54 Å². The average molecular weight is 482 g/mol. The number of carbonyl (C=O) groups excluding carboxylic acids is 1. The number of aromatic nitrogens is 5. The van der Waals surface area contributed by atoms with Crippen molar-refractivity contribution in [3.63, 3.8) is 0 Å². The third kappa shape index (κ3) is 3.92. The molecule has 0 aliphatic rings. The molecule has 0 fully saturated rings. The molecule has 0 radical (unpaired) electrons. The Labute approximate surface area is 205 Å². The van der Waals surface area contributed by atoms with Crippen LogP contribution < -0.4 is 16.5 Å². The Balaban J connectivity index is 1.71. The van der Waals surface area contributed by atoms with Crippen LogP contribution in [-0.2, 0) is 16.9 Å². The average Bonchev–Trinajstić information content (AvgIpc) is 3.58. The lowest BCUT2D eigenvalue weighted by atomic mass is 9.91. The normalized spacial score (nSPS) is 13.4. The molecule has 0 spiro atoms. The summed E-state index contributed by atoms with van der Waals surface area (Å²) in [5.41, 5.74) is 6.36. The lowest BCUT2D eigenvalue weighted by Gasteiger charge is -2.29. The summed E-state index contributed by atoms with van der Waals surface area (Å²) in [6, 6.07) is 18.2. The van der Waals surface area contributed by atoms with E-state index >= 15 is 0 Å². The zero-order valence-electron chi connectivity index (χ0n) is 19.4. The third-order valence-corrected chi connectivity index (χ3v) is 5.84. The summed E-state index contributed by atoms with van der Waals surface area (Å²) in [7, 11) is 0. The Morgan fingerprint density at radius 3 is 2.67 bits per heavy atom. The maximum Gasteiger partial charge on any atom is 0.257 e. The van der Waals surface area contributed by atoms with E-state index in [-0.39, 0.29) is 18.4 Å². The molecule has 4 heterocycles. The number of nitrogens with two attached hydrogens (primary N) is 1. The van der Waals surface area contributed by atoms with Gasteiger partial charge in [0.1, 0.15) is 11.6 Å². The van der Waals surface area contributed by atoms with Gasteiger partial charge >= 0.3 is 0 Å². The number of nitrogens with one attached hydrogen (secondary N) is 1. The molecule has 5 rings (SSSR count). The summed E-state index contributed by atoms with van der Waals surface area (Å²) < 4.78 is 8.26. The Hall–Kier alpha value is -5.06. The lowest BCUT2D eigenvalue weighted by molar-refractivity contribution is -0.122. The topological polar surface area (TPSA) is 142 Å². The molecule has 0 aliphatic carbocycles. The number of hydrogen-bond donors (Lipinski definition) is 2. The SMILES string of the molecule is C=Nn1c(N)nc2c(cnn2C(C)(C(=O)Nc2ccccn2)c2ccccc2)c1=NCc1ccco1. The molecule has 1 unspecified atom stereocenters. The summed E-state index contributed by atoms with van der Waals surface area (Å²) in [5, 5.41) is 12.0. The van der Waals surface area contributed by atoms with Crippen LogP contribution in [0.4, 0.5) is 11.8 Å². The van der Waals surface area contributed by atoms with Crippen molar-refractivity contribution in [3.8, 4) is 0 Å². The van der Waals surface area contributed by atoms with E-state index in [2.05, 4.69) is 37.2 Å². The minimum atomic E-state index is -1.31. The molecule has 0 saturated carbocycles. The van der Waals surface area contributed by atoms with Gasteiger partial charge in [0.25, 0.3) is 5.91 Å². The first kappa shape index (κ1) is 22.7. The van der Waals surface area contributed by atoms with Gasteiger partial charge < -0.3 is 15.5 Å². The number of nitrogens with zero attached hydrogens (tertiary/aromatic N) is 7. The van der Waals surface area contributed by atoms with Crippen molar-refractivity contribution in [2.75, 3.05) is 11.1 Å². The van der Waals surface area contributed by atoms with Crippen LogP contribution in [0.2, 0.25) is 0 Å². The molecule has 5 aromatic rings. The van der Waals surface area contributed by atoms with Crippen LogP contribution in [0.3, 0.4) is 0 Å². The van der Waals surface area contributed by atoms with Crippen LogP contribution >= 0.6 is 0 Å². The fraction of sp³-hybridized carbons (Fsp3) is 0.120. The highest BCUT2D eigenvalue weighted by Gasteiger charge is 2.40. The smallest absolute Gasteiger partial charge is 0.257 e. The second kappa shape index (κ2) is 9.29. The van der Waals surface area contributed by atoms with Crippen molar-refractivity contribution in [1.82, 2.24) is 24.4 Å². The van der Waals surface area contributed by atoms with E-state index in [9.17, 15) is 4.79 Å². The number of fused-ring (bicyclic) bond motifs is 1. The van der Waals surface area contributed by atoms with Crippen molar-refractivity contribution in [3.05, 3.63) is 96.1 Å². The van der Waals surface area contributed by atoms with E-state index in [0.717, 1.165) is 0 Å². The molecule has 1 atom stereocenters. The quantitative estimate of drug-likeness (QED) is 0.342. The zero-order valence-corrected chi connectivity index (χ0v) is 19.4. The number of rotatable bonds is 7. The number of benzene rings is 1. The number of pyridine rings is 1. The van der Waals surface area contributed by atoms with Gasteiger partial charge in [0.15, 0.2) is 16.7 Å². The summed E-state index contributed by atoms with van der Waals surface area (Å²) in [4.78, 5) is 27.2. The molecule has 11 nitrogen and oxygen atoms in total.